The topological polar surface area (TPSA) is 108 Å². The predicted octanol–water partition coefficient (Wildman–Crippen LogP) is 6.20. The van der Waals surface area contributed by atoms with Crippen molar-refractivity contribution in [3.8, 4) is 0 Å². The largest absolute Gasteiger partial charge is 0.478 e. The highest BCUT2D eigenvalue weighted by atomic mass is 32.2. The van der Waals surface area contributed by atoms with Gasteiger partial charge in [-0.25, -0.2) is 14.8 Å². The third-order valence-corrected chi connectivity index (χ3v) is 7.36. The molecule has 0 spiro atoms. The number of nitrogens with one attached hydrogen (secondary N) is 1. The smallest absolute Gasteiger partial charge is 0.433 e. The molecular weight excluding hydrogens is 517 g/mol. The van der Waals surface area contributed by atoms with Gasteiger partial charge in [0.2, 0.25) is 5.95 Å². The summed E-state index contributed by atoms with van der Waals surface area (Å²) in [6.45, 7) is 5.99. The molecule has 2 aromatic carbocycles. The highest BCUT2D eigenvalue weighted by Crippen LogP contribution is 2.43. The Morgan fingerprint density at radius 2 is 1.95 bits per heavy atom. The number of halogens is 3. The molecule has 0 radical (unpaired) electrons. The Labute approximate surface area is 221 Å². The Hall–Kier alpha value is -3.70. The number of aromatic carboxylic acids is 1. The van der Waals surface area contributed by atoms with E-state index in [0.29, 0.717) is 46.0 Å². The van der Waals surface area contributed by atoms with Gasteiger partial charge in [-0.05, 0) is 78.8 Å². The highest BCUT2D eigenvalue weighted by Gasteiger charge is 2.40. The summed E-state index contributed by atoms with van der Waals surface area (Å²) in [6, 6.07) is 10.8. The number of carboxylic acid groups (broad SMARTS) is 1. The number of anilines is 2. The lowest BCUT2D eigenvalue weighted by Crippen LogP contribution is -2.37. The Morgan fingerprint density at radius 1 is 1.18 bits per heavy atom. The van der Waals surface area contributed by atoms with Crippen LogP contribution in [0, 0.1) is 6.92 Å². The van der Waals surface area contributed by atoms with E-state index in [2.05, 4.69) is 26.9 Å². The molecule has 0 amide bonds. The molecule has 4 rings (SSSR count). The van der Waals surface area contributed by atoms with E-state index in [4.69, 9.17) is 0 Å². The first-order chi connectivity index (χ1) is 17.9. The molecule has 1 aromatic heterocycles. The summed E-state index contributed by atoms with van der Waals surface area (Å²) in [6.07, 6.45) is -1.85. The van der Waals surface area contributed by atoms with E-state index in [0.717, 1.165) is 23.4 Å². The van der Waals surface area contributed by atoms with Gasteiger partial charge in [-0.15, -0.1) is 0 Å². The molecule has 3 N–H and O–H groups in total. The van der Waals surface area contributed by atoms with Crippen LogP contribution in [0.25, 0.3) is 4.91 Å². The summed E-state index contributed by atoms with van der Waals surface area (Å²) >= 11 is 1.19. The van der Waals surface area contributed by atoms with Crippen LogP contribution in [0.3, 0.4) is 0 Å². The van der Waals surface area contributed by atoms with Crippen LogP contribution in [0.15, 0.2) is 60.2 Å². The van der Waals surface area contributed by atoms with Gasteiger partial charge in [-0.1, -0.05) is 30.5 Å². The number of thioether (sulfide) groups is 1. The number of nitrogens with zero attached hydrogens (tertiary/aromatic N) is 3. The van der Waals surface area contributed by atoms with Crippen molar-refractivity contribution in [1.82, 2.24) is 9.97 Å². The van der Waals surface area contributed by atoms with Crippen LogP contribution >= 0.6 is 11.8 Å². The Kier molecular flexibility index (Phi) is 7.61. The number of alkyl halides is 3. The van der Waals surface area contributed by atoms with Crippen LogP contribution in [-0.4, -0.2) is 38.2 Å². The van der Waals surface area contributed by atoms with Gasteiger partial charge in [0.1, 0.15) is 16.3 Å². The molecule has 11 heteroatoms. The number of carboxylic acids is 1. The second-order valence-corrected chi connectivity index (χ2v) is 10.0. The van der Waals surface area contributed by atoms with Gasteiger partial charge in [0, 0.05) is 23.8 Å². The van der Waals surface area contributed by atoms with E-state index >= 15 is 0 Å². The number of aromatic nitrogens is 2. The lowest BCUT2D eigenvalue weighted by molar-refractivity contribution is -0.141. The third-order valence-electron chi connectivity index (χ3n) is 6.16. The van der Waals surface area contributed by atoms with Crippen molar-refractivity contribution >= 4 is 39.3 Å². The van der Waals surface area contributed by atoms with E-state index in [1.54, 1.807) is 31.3 Å². The Bertz CT molecular complexity index is 1440. The number of hydrogen-bond acceptors (Lipinski definition) is 7. The van der Waals surface area contributed by atoms with Crippen molar-refractivity contribution in [1.29, 1.82) is 0 Å². The van der Waals surface area contributed by atoms with Gasteiger partial charge in [0.05, 0.1) is 5.56 Å². The van der Waals surface area contributed by atoms with Crippen molar-refractivity contribution in [3.63, 3.8) is 0 Å². The third kappa shape index (κ3) is 5.73. The molecule has 1 aliphatic rings. The van der Waals surface area contributed by atoms with Crippen LogP contribution < -0.4 is 5.32 Å². The summed E-state index contributed by atoms with van der Waals surface area (Å²) < 4.78 is 39.1. The van der Waals surface area contributed by atoms with Crippen LogP contribution in [0.2, 0.25) is 0 Å². The van der Waals surface area contributed by atoms with Crippen LogP contribution in [0.4, 0.5) is 24.8 Å². The summed E-state index contributed by atoms with van der Waals surface area (Å²) in [5, 5.41) is 24.3. The number of carbonyl (C=O) groups is 1. The second-order valence-electron chi connectivity index (χ2n) is 8.92. The number of aliphatic hydroxyl groups is 1. The van der Waals surface area contributed by atoms with Crippen molar-refractivity contribution in [2.24, 2.45) is 4.99 Å². The minimum Gasteiger partial charge on any atom is -0.478 e. The average Bonchev–Trinajstić information content (AvgIpc) is 2.86. The van der Waals surface area contributed by atoms with Gasteiger partial charge < -0.3 is 15.5 Å². The molecular formula is C27H25F3N4O3S. The fourth-order valence-corrected chi connectivity index (χ4v) is 5.38. The number of aliphatic imine (C=N–C) groups is 1. The molecule has 0 aliphatic heterocycles. The molecule has 7 nitrogen and oxygen atoms in total. The summed E-state index contributed by atoms with van der Waals surface area (Å²) in [5.41, 5.74) is 1.02. The maximum absolute atomic E-state index is 13.0. The second kappa shape index (κ2) is 10.6. The number of aryl methyl sites for hydroxylation is 2. The van der Waals surface area contributed by atoms with Crippen molar-refractivity contribution in [2.45, 2.75) is 38.0 Å². The molecule has 0 fully saturated rings. The molecule has 1 aliphatic carbocycles. The maximum atomic E-state index is 13.0. The molecule has 0 bridgehead atoms. The molecule has 38 heavy (non-hydrogen) atoms. The van der Waals surface area contributed by atoms with Crippen molar-refractivity contribution < 1.29 is 28.2 Å². The van der Waals surface area contributed by atoms with Crippen LogP contribution in [0.1, 0.15) is 51.1 Å². The molecule has 0 saturated heterocycles. The summed E-state index contributed by atoms with van der Waals surface area (Å²) in [5.74, 6) is -1.23. The van der Waals surface area contributed by atoms with Crippen molar-refractivity contribution in [2.75, 3.05) is 12.4 Å². The lowest BCUT2D eigenvalue weighted by Gasteiger charge is -2.35. The number of fused-ring (bicyclic) bond motifs is 1. The first kappa shape index (κ1) is 27.3. The van der Waals surface area contributed by atoms with E-state index in [-0.39, 0.29) is 11.5 Å². The average molecular weight is 543 g/mol. The van der Waals surface area contributed by atoms with Gasteiger partial charge in [0.25, 0.3) is 0 Å². The zero-order chi connectivity index (χ0) is 27.7. The lowest BCUT2D eigenvalue weighted by atomic mass is 9.79. The molecule has 1 atom stereocenters. The molecule has 3 aromatic rings. The van der Waals surface area contributed by atoms with Crippen LogP contribution in [0.5, 0.6) is 0 Å². The van der Waals surface area contributed by atoms with E-state index in [1.165, 1.54) is 17.8 Å². The summed E-state index contributed by atoms with van der Waals surface area (Å²) in [7, 11) is 1.57. The quantitative estimate of drug-likeness (QED) is 0.251. The SMILES string of the molecule is C=C(S/C(=N\C)C1(O)CCCc2cc(C(=O)O)ccc21)c1cc(C)cc(Nc2nccc(C(F)(F)F)n2)c1. The fraction of sp³-hybridized carbons (Fsp3) is 0.259. The number of hydrogen-bond donors (Lipinski definition) is 3. The normalized spacial score (nSPS) is 17.6. The predicted molar refractivity (Wildman–Crippen MR) is 142 cm³/mol. The van der Waals surface area contributed by atoms with Gasteiger partial charge >= 0.3 is 12.1 Å². The highest BCUT2D eigenvalue weighted by molar-refractivity contribution is 8.21. The van der Waals surface area contributed by atoms with Gasteiger partial charge in [-0.2, -0.15) is 13.2 Å². The minimum absolute atomic E-state index is 0.157. The molecule has 1 unspecified atom stereocenters. The first-order valence-electron chi connectivity index (χ1n) is 11.6. The number of rotatable bonds is 6. The van der Waals surface area contributed by atoms with Gasteiger partial charge in [-0.3, -0.25) is 4.99 Å². The fourth-order valence-electron chi connectivity index (χ4n) is 4.44. The minimum atomic E-state index is -4.59. The standard InChI is InChI=1S/C27H25F3N4O3S/c1-15-11-19(14-20(12-15)33-25-32-10-8-22(34-25)27(28,29)30)16(2)38-24(31-3)26(37)9-4-5-17-13-18(23(35)36)6-7-21(17)26/h6-8,10-14,37H,2,4-5,9H2,1,3H3,(H,35,36)(H,32,33,34)/b31-24-. The van der Waals surface area contributed by atoms with Crippen molar-refractivity contribution in [3.05, 3.63) is 88.8 Å². The number of benzene rings is 2. The molecule has 0 saturated carbocycles. The molecule has 198 valence electrons. The zero-order valence-electron chi connectivity index (χ0n) is 20.6. The molecule has 1 heterocycles. The maximum Gasteiger partial charge on any atom is 0.433 e. The zero-order valence-corrected chi connectivity index (χ0v) is 21.5. The Morgan fingerprint density at radius 3 is 2.63 bits per heavy atom. The Balaban J connectivity index is 1.59. The van der Waals surface area contributed by atoms with E-state index in [9.17, 15) is 28.2 Å². The van der Waals surface area contributed by atoms with Gasteiger partial charge in [0.15, 0.2) is 0 Å². The first-order valence-corrected chi connectivity index (χ1v) is 12.4. The summed E-state index contributed by atoms with van der Waals surface area (Å²) in [4.78, 5) is 23.8. The monoisotopic (exact) mass is 542 g/mol. The van der Waals surface area contributed by atoms with E-state index in [1.807, 2.05) is 13.0 Å². The van der Waals surface area contributed by atoms with Crippen LogP contribution in [-0.2, 0) is 18.2 Å². The van der Waals surface area contributed by atoms with E-state index < -0.39 is 23.4 Å².